The number of nitrogens with zero attached hydrogens (tertiary/aromatic N) is 1. The summed E-state index contributed by atoms with van der Waals surface area (Å²) in [6.07, 6.45) is 0. The zero-order chi connectivity index (χ0) is 26.1. The molecule has 186 valence electrons. The van der Waals surface area contributed by atoms with Crippen LogP contribution in [0.1, 0.15) is 28.4 Å². The second kappa shape index (κ2) is 12.0. The average Bonchev–Trinajstić information content (AvgIpc) is 2.87. The van der Waals surface area contributed by atoms with Gasteiger partial charge in [-0.25, -0.2) is 8.42 Å². The Morgan fingerprint density at radius 2 is 1.53 bits per heavy atom. The Morgan fingerprint density at radius 1 is 0.944 bits per heavy atom. The lowest BCUT2D eigenvalue weighted by molar-refractivity contribution is -0.144. The summed E-state index contributed by atoms with van der Waals surface area (Å²) in [6.45, 7) is 3.17. The van der Waals surface area contributed by atoms with Crippen molar-refractivity contribution < 1.29 is 27.5 Å². The van der Waals surface area contributed by atoms with E-state index in [1.165, 1.54) is 24.3 Å². The number of ether oxygens (including phenoxy) is 2. The minimum Gasteiger partial charge on any atom is -0.465 e. The van der Waals surface area contributed by atoms with Gasteiger partial charge in [-0.15, -0.1) is 0 Å². The number of aryl methyl sites for hydroxylation is 1. The van der Waals surface area contributed by atoms with Crippen molar-refractivity contribution >= 4 is 21.9 Å². The molecule has 0 bridgehead atoms. The van der Waals surface area contributed by atoms with Crippen LogP contribution in [0.3, 0.4) is 0 Å². The molecular formula is C26H25N3O6S. The van der Waals surface area contributed by atoms with E-state index >= 15 is 0 Å². The van der Waals surface area contributed by atoms with Crippen LogP contribution in [-0.2, 0) is 19.6 Å². The first kappa shape index (κ1) is 26.4. The van der Waals surface area contributed by atoms with Gasteiger partial charge in [0.05, 0.1) is 23.1 Å². The minimum atomic E-state index is -4.03. The predicted molar refractivity (Wildman–Crippen MR) is 132 cm³/mol. The quantitative estimate of drug-likeness (QED) is 0.402. The first-order valence-corrected chi connectivity index (χ1v) is 12.5. The van der Waals surface area contributed by atoms with Crippen LogP contribution in [0.15, 0.2) is 77.7 Å². The summed E-state index contributed by atoms with van der Waals surface area (Å²) in [5, 5.41) is 11.4. The number of hydrogen-bond acceptors (Lipinski definition) is 7. The number of sulfonamides is 1. The van der Waals surface area contributed by atoms with E-state index in [1.54, 1.807) is 55.5 Å². The molecule has 0 aliphatic heterocycles. The molecule has 0 radical (unpaired) electrons. The Hall–Kier alpha value is -4.20. The SMILES string of the molecule is CCOC(=O)[C@@H](CNC(=O)c1ccc(Oc2ccc(C#N)cc2)cc1)NS(=O)(=O)c1ccc(C)cc1. The highest BCUT2D eigenvalue weighted by molar-refractivity contribution is 7.89. The number of benzene rings is 3. The van der Waals surface area contributed by atoms with Crippen molar-refractivity contribution in [2.75, 3.05) is 13.2 Å². The summed E-state index contributed by atoms with van der Waals surface area (Å²) in [7, 11) is -4.03. The monoisotopic (exact) mass is 507 g/mol. The third kappa shape index (κ3) is 7.15. The maximum Gasteiger partial charge on any atom is 0.326 e. The van der Waals surface area contributed by atoms with Crippen molar-refractivity contribution in [3.05, 3.63) is 89.5 Å². The Labute approximate surface area is 209 Å². The van der Waals surface area contributed by atoms with Gasteiger partial charge in [0, 0.05) is 12.1 Å². The number of nitriles is 1. The highest BCUT2D eigenvalue weighted by Crippen LogP contribution is 2.22. The molecule has 9 nitrogen and oxygen atoms in total. The zero-order valence-corrected chi connectivity index (χ0v) is 20.5. The lowest BCUT2D eigenvalue weighted by atomic mass is 10.2. The maximum atomic E-state index is 12.7. The molecule has 0 aliphatic carbocycles. The third-order valence-electron chi connectivity index (χ3n) is 5.00. The van der Waals surface area contributed by atoms with Crippen molar-refractivity contribution in [1.82, 2.24) is 10.0 Å². The number of rotatable bonds is 10. The van der Waals surface area contributed by atoms with Gasteiger partial charge < -0.3 is 14.8 Å². The van der Waals surface area contributed by atoms with Crippen LogP contribution in [0.2, 0.25) is 0 Å². The van der Waals surface area contributed by atoms with Crippen LogP contribution in [0.5, 0.6) is 11.5 Å². The van der Waals surface area contributed by atoms with E-state index < -0.39 is 27.9 Å². The summed E-state index contributed by atoms with van der Waals surface area (Å²) in [4.78, 5) is 25.0. The summed E-state index contributed by atoms with van der Waals surface area (Å²) in [6, 6.07) is 19.7. The average molecular weight is 508 g/mol. The van der Waals surface area contributed by atoms with Crippen LogP contribution in [0.4, 0.5) is 0 Å². The van der Waals surface area contributed by atoms with Crippen LogP contribution in [-0.4, -0.2) is 39.5 Å². The maximum absolute atomic E-state index is 12.7. The molecule has 0 fully saturated rings. The van der Waals surface area contributed by atoms with Crippen molar-refractivity contribution in [1.29, 1.82) is 5.26 Å². The van der Waals surface area contributed by atoms with Gasteiger partial charge in [0.1, 0.15) is 17.5 Å². The fourth-order valence-corrected chi connectivity index (χ4v) is 4.28. The van der Waals surface area contributed by atoms with E-state index in [0.29, 0.717) is 17.1 Å². The molecule has 0 unspecified atom stereocenters. The van der Waals surface area contributed by atoms with Gasteiger partial charge in [-0.3, -0.25) is 9.59 Å². The number of carbonyl (C=O) groups excluding carboxylic acids is 2. The number of hydrogen-bond donors (Lipinski definition) is 2. The lowest BCUT2D eigenvalue weighted by Crippen LogP contribution is -2.49. The predicted octanol–water partition coefficient (Wildman–Crippen LogP) is 3.30. The first-order chi connectivity index (χ1) is 17.2. The second-order valence-corrected chi connectivity index (χ2v) is 9.43. The molecule has 3 rings (SSSR count). The molecule has 1 atom stereocenters. The van der Waals surface area contributed by atoms with Crippen LogP contribution in [0, 0.1) is 18.3 Å². The summed E-state index contributed by atoms with van der Waals surface area (Å²) >= 11 is 0. The van der Waals surface area contributed by atoms with E-state index in [0.717, 1.165) is 5.56 Å². The summed E-state index contributed by atoms with van der Waals surface area (Å²) in [5.74, 6) is -0.306. The number of carbonyl (C=O) groups is 2. The Balaban J connectivity index is 1.64. The molecule has 1 amide bonds. The fourth-order valence-electron chi connectivity index (χ4n) is 3.09. The molecule has 0 aromatic heterocycles. The smallest absolute Gasteiger partial charge is 0.326 e. The molecule has 36 heavy (non-hydrogen) atoms. The highest BCUT2D eigenvalue weighted by atomic mass is 32.2. The number of nitrogens with one attached hydrogen (secondary N) is 2. The number of esters is 1. The molecule has 3 aromatic rings. The molecule has 0 aliphatic rings. The van der Waals surface area contributed by atoms with Crippen LogP contribution in [0.25, 0.3) is 0 Å². The van der Waals surface area contributed by atoms with E-state index in [9.17, 15) is 18.0 Å². The van der Waals surface area contributed by atoms with E-state index in [2.05, 4.69) is 10.0 Å². The van der Waals surface area contributed by atoms with Crippen LogP contribution >= 0.6 is 0 Å². The summed E-state index contributed by atoms with van der Waals surface area (Å²) in [5.41, 5.74) is 1.68. The van der Waals surface area contributed by atoms with Gasteiger partial charge in [0.15, 0.2) is 0 Å². The molecule has 0 saturated carbocycles. The Kier molecular flexibility index (Phi) is 8.78. The normalized spacial score (nSPS) is 11.7. The standard InChI is InChI=1S/C26H25N3O6S/c1-3-34-26(31)24(29-36(32,33)23-14-4-18(2)5-15-23)17-28-25(30)20-8-12-22(13-9-20)35-21-10-6-19(16-27)7-11-21/h4-15,24,29H,3,17H2,1-2H3,(H,28,30)/t24-/m1/s1. The molecule has 2 N–H and O–H groups in total. The third-order valence-corrected chi connectivity index (χ3v) is 6.49. The van der Waals surface area contributed by atoms with E-state index in [1.807, 2.05) is 13.0 Å². The van der Waals surface area contributed by atoms with Gasteiger partial charge in [0.2, 0.25) is 10.0 Å². The van der Waals surface area contributed by atoms with E-state index in [4.69, 9.17) is 14.7 Å². The Morgan fingerprint density at radius 3 is 2.08 bits per heavy atom. The van der Waals surface area contributed by atoms with Crippen molar-refractivity contribution in [3.63, 3.8) is 0 Å². The largest absolute Gasteiger partial charge is 0.465 e. The van der Waals surface area contributed by atoms with Crippen molar-refractivity contribution in [3.8, 4) is 17.6 Å². The molecule has 0 spiro atoms. The van der Waals surface area contributed by atoms with Crippen LogP contribution < -0.4 is 14.8 Å². The van der Waals surface area contributed by atoms with Gasteiger partial charge in [0.25, 0.3) is 5.91 Å². The topological polar surface area (TPSA) is 135 Å². The molecule has 0 heterocycles. The molecule has 0 saturated heterocycles. The zero-order valence-electron chi connectivity index (χ0n) is 19.7. The second-order valence-electron chi connectivity index (χ2n) is 7.71. The van der Waals surface area contributed by atoms with Gasteiger partial charge in [-0.1, -0.05) is 17.7 Å². The van der Waals surface area contributed by atoms with Crippen molar-refractivity contribution in [2.24, 2.45) is 0 Å². The highest BCUT2D eigenvalue weighted by Gasteiger charge is 2.27. The van der Waals surface area contributed by atoms with E-state index in [-0.39, 0.29) is 23.6 Å². The minimum absolute atomic E-state index is 0.00780. The lowest BCUT2D eigenvalue weighted by Gasteiger charge is -2.18. The van der Waals surface area contributed by atoms with Gasteiger partial charge >= 0.3 is 5.97 Å². The van der Waals surface area contributed by atoms with Crippen molar-refractivity contribution in [2.45, 2.75) is 24.8 Å². The fraction of sp³-hybridized carbons (Fsp3) is 0.192. The molecule has 3 aromatic carbocycles. The van der Waals surface area contributed by atoms with Gasteiger partial charge in [-0.05, 0) is 74.5 Å². The van der Waals surface area contributed by atoms with Gasteiger partial charge in [-0.2, -0.15) is 9.98 Å². The number of amides is 1. The summed E-state index contributed by atoms with van der Waals surface area (Å²) < 4.78 is 38.5. The molecular weight excluding hydrogens is 482 g/mol. The first-order valence-electron chi connectivity index (χ1n) is 11.0. The Bertz CT molecular complexity index is 1350. The molecule has 10 heteroatoms.